The zero-order valence-electron chi connectivity index (χ0n) is 6.09. The van der Waals surface area contributed by atoms with E-state index < -0.39 is 0 Å². The lowest BCUT2D eigenvalue weighted by Gasteiger charge is -2.20. The Kier molecular flexibility index (Phi) is 0.841. The minimum absolute atomic E-state index is 0.0525. The number of ether oxygens (including phenoxy) is 2. The van der Waals surface area contributed by atoms with Crippen molar-refractivity contribution >= 4 is 11.6 Å². The van der Waals surface area contributed by atoms with Crippen LogP contribution in [0, 0.1) is 0 Å². The van der Waals surface area contributed by atoms with Crippen LogP contribution in [0.25, 0.3) is 0 Å². The first-order valence-electron chi connectivity index (χ1n) is 3.60. The van der Waals surface area contributed by atoms with Crippen molar-refractivity contribution in [2.45, 2.75) is 0 Å². The molecule has 1 aromatic rings. The van der Waals surface area contributed by atoms with Crippen LogP contribution in [-0.2, 0) is 0 Å². The lowest BCUT2D eigenvalue weighted by Crippen LogP contribution is -2.24. The molecule has 2 heterocycles. The highest BCUT2D eigenvalue weighted by Crippen LogP contribution is 2.45. The van der Waals surface area contributed by atoms with Crippen LogP contribution >= 0.6 is 0 Å². The van der Waals surface area contributed by atoms with Gasteiger partial charge in [-0.3, -0.25) is 4.79 Å². The molecular weight excluding hydrogens is 158 g/mol. The molecule has 2 aliphatic heterocycles. The molecule has 1 N–H and O–H groups in total. The molecule has 0 fully saturated rings. The van der Waals surface area contributed by atoms with Crippen LogP contribution in [0.1, 0.15) is 10.4 Å². The Morgan fingerprint density at radius 1 is 1.33 bits per heavy atom. The Hall–Kier alpha value is -1.71. The zero-order valence-corrected chi connectivity index (χ0v) is 6.09. The second-order valence-corrected chi connectivity index (χ2v) is 2.68. The van der Waals surface area contributed by atoms with E-state index in [1.807, 2.05) is 0 Å². The van der Waals surface area contributed by atoms with Crippen LogP contribution in [-0.4, -0.2) is 12.7 Å². The molecule has 0 radical (unpaired) electrons. The largest absolute Gasteiger partial charge is 0.454 e. The van der Waals surface area contributed by atoms with Crippen LogP contribution < -0.4 is 14.8 Å². The first kappa shape index (κ1) is 5.88. The molecule has 0 bridgehead atoms. The minimum Gasteiger partial charge on any atom is -0.454 e. The summed E-state index contributed by atoms with van der Waals surface area (Å²) >= 11 is 0. The fourth-order valence-electron chi connectivity index (χ4n) is 1.40. The number of hydrogen-bond donors (Lipinski definition) is 1. The predicted octanol–water partition coefficient (Wildman–Crippen LogP) is 0.981. The lowest BCUT2D eigenvalue weighted by molar-refractivity contribution is 0.101. The number of amides is 1. The standard InChI is InChI=1S/C8H5NO3/c10-8-4-1-2-5-7(6(4)9-8)12-3-11-5/h1-2H,3H2,(H,9,10). The van der Waals surface area contributed by atoms with Crippen molar-refractivity contribution in [1.82, 2.24) is 0 Å². The molecule has 60 valence electrons. The van der Waals surface area contributed by atoms with Crippen molar-refractivity contribution in [2.24, 2.45) is 0 Å². The summed E-state index contributed by atoms with van der Waals surface area (Å²) in [7, 11) is 0. The topological polar surface area (TPSA) is 47.6 Å². The maximum atomic E-state index is 10.9. The van der Waals surface area contributed by atoms with Crippen molar-refractivity contribution in [3.8, 4) is 11.5 Å². The van der Waals surface area contributed by atoms with E-state index in [9.17, 15) is 4.79 Å². The van der Waals surface area contributed by atoms with Gasteiger partial charge in [-0.15, -0.1) is 0 Å². The third kappa shape index (κ3) is 0.514. The van der Waals surface area contributed by atoms with E-state index in [1.54, 1.807) is 12.1 Å². The molecule has 1 amide bonds. The summed E-state index contributed by atoms with van der Waals surface area (Å²) in [6.07, 6.45) is 0. The van der Waals surface area contributed by atoms with Crippen molar-refractivity contribution in [2.75, 3.05) is 12.1 Å². The molecule has 4 heteroatoms. The van der Waals surface area contributed by atoms with E-state index >= 15 is 0 Å². The summed E-state index contributed by atoms with van der Waals surface area (Å²) in [5.74, 6) is 1.31. The fraction of sp³-hybridized carbons (Fsp3) is 0.125. The van der Waals surface area contributed by atoms with Gasteiger partial charge in [0.25, 0.3) is 5.91 Å². The Morgan fingerprint density at radius 2 is 2.25 bits per heavy atom. The van der Waals surface area contributed by atoms with Crippen LogP contribution in [0.15, 0.2) is 12.1 Å². The highest BCUT2D eigenvalue weighted by atomic mass is 16.7. The molecule has 1 aromatic carbocycles. The molecule has 0 aliphatic carbocycles. The molecule has 0 saturated carbocycles. The van der Waals surface area contributed by atoms with Crippen LogP contribution in [0.3, 0.4) is 0 Å². The highest BCUT2D eigenvalue weighted by Gasteiger charge is 2.31. The summed E-state index contributed by atoms with van der Waals surface area (Å²) < 4.78 is 10.3. The molecule has 4 nitrogen and oxygen atoms in total. The van der Waals surface area contributed by atoms with Gasteiger partial charge in [0.1, 0.15) is 5.69 Å². The fourth-order valence-corrected chi connectivity index (χ4v) is 1.40. The predicted molar refractivity (Wildman–Crippen MR) is 40.5 cm³/mol. The second kappa shape index (κ2) is 1.72. The van der Waals surface area contributed by atoms with Gasteiger partial charge >= 0.3 is 0 Å². The van der Waals surface area contributed by atoms with E-state index in [-0.39, 0.29) is 12.7 Å². The smallest absolute Gasteiger partial charge is 0.258 e. The number of benzene rings is 1. The van der Waals surface area contributed by atoms with Gasteiger partial charge in [-0.1, -0.05) is 0 Å². The number of carbonyl (C=O) groups is 1. The maximum Gasteiger partial charge on any atom is 0.258 e. The highest BCUT2D eigenvalue weighted by molar-refractivity contribution is 6.20. The number of nitrogens with one attached hydrogen (secondary N) is 1. The van der Waals surface area contributed by atoms with E-state index in [1.165, 1.54) is 0 Å². The number of fused-ring (bicyclic) bond motifs is 3. The maximum absolute atomic E-state index is 10.9. The van der Waals surface area contributed by atoms with Crippen molar-refractivity contribution in [3.05, 3.63) is 17.7 Å². The molecule has 2 aliphatic rings. The van der Waals surface area contributed by atoms with Crippen LogP contribution in [0.2, 0.25) is 0 Å². The van der Waals surface area contributed by atoms with Gasteiger partial charge in [0.15, 0.2) is 11.5 Å². The third-order valence-electron chi connectivity index (χ3n) is 2.02. The van der Waals surface area contributed by atoms with Crippen molar-refractivity contribution in [3.63, 3.8) is 0 Å². The molecule has 0 unspecified atom stereocenters. The van der Waals surface area contributed by atoms with Gasteiger partial charge in [0, 0.05) is 0 Å². The SMILES string of the molecule is O=C1Nc2c1ccc1c2OCO1. The van der Waals surface area contributed by atoms with Gasteiger partial charge in [-0.05, 0) is 12.1 Å². The molecule has 12 heavy (non-hydrogen) atoms. The van der Waals surface area contributed by atoms with Gasteiger partial charge < -0.3 is 14.8 Å². The van der Waals surface area contributed by atoms with Gasteiger partial charge in [0.2, 0.25) is 6.79 Å². The van der Waals surface area contributed by atoms with Gasteiger partial charge in [0.05, 0.1) is 5.56 Å². The summed E-state index contributed by atoms with van der Waals surface area (Å²) in [5, 5.41) is 2.64. The summed E-state index contributed by atoms with van der Waals surface area (Å²) in [6.45, 7) is 0.238. The van der Waals surface area contributed by atoms with E-state index in [2.05, 4.69) is 5.32 Å². The Balaban J connectivity index is 2.27. The van der Waals surface area contributed by atoms with Crippen LogP contribution in [0.4, 0.5) is 5.69 Å². The summed E-state index contributed by atoms with van der Waals surface area (Å²) in [4.78, 5) is 10.9. The van der Waals surface area contributed by atoms with E-state index in [0.717, 1.165) is 5.69 Å². The minimum atomic E-state index is -0.0525. The summed E-state index contributed by atoms with van der Waals surface area (Å²) in [6, 6.07) is 3.49. The average molecular weight is 163 g/mol. The first-order valence-corrected chi connectivity index (χ1v) is 3.60. The number of rotatable bonds is 0. The van der Waals surface area contributed by atoms with Gasteiger partial charge in [-0.2, -0.15) is 0 Å². The molecule has 0 saturated heterocycles. The normalized spacial score (nSPS) is 16.5. The Bertz CT molecular complexity index is 386. The molecule has 0 spiro atoms. The van der Waals surface area contributed by atoms with Crippen LogP contribution in [0.5, 0.6) is 11.5 Å². The van der Waals surface area contributed by atoms with E-state index in [0.29, 0.717) is 17.1 Å². The van der Waals surface area contributed by atoms with Gasteiger partial charge in [-0.25, -0.2) is 0 Å². The molecule has 0 atom stereocenters. The van der Waals surface area contributed by atoms with E-state index in [4.69, 9.17) is 9.47 Å². The average Bonchev–Trinajstić information content (AvgIpc) is 2.49. The Morgan fingerprint density at radius 3 is 3.08 bits per heavy atom. The Labute approximate surface area is 68.1 Å². The molecular formula is C8H5NO3. The van der Waals surface area contributed by atoms with Crippen molar-refractivity contribution in [1.29, 1.82) is 0 Å². The zero-order chi connectivity index (χ0) is 8.13. The third-order valence-corrected chi connectivity index (χ3v) is 2.02. The lowest BCUT2D eigenvalue weighted by atomic mass is 10.0. The number of carbonyl (C=O) groups excluding carboxylic acids is 1. The second-order valence-electron chi connectivity index (χ2n) is 2.68. The number of hydrogen-bond acceptors (Lipinski definition) is 3. The molecule has 0 aromatic heterocycles. The van der Waals surface area contributed by atoms with Crippen molar-refractivity contribution < 1.29 is 14.3 Å². The molecule has 3 rings (SSSR count). The first-order chi connectivity index (χ1) is 5.86. The number of anilines is 1. The summed E-state index contributed by atoms with van der Waals surface area (Å²) in [5.41, 5.74) is 1.44. The quantitative estimate of drug-likeness (QED) is 0.620. The monoisotopic (exact) mass is 163 g/mol.